The van der Waals surface area contributed by atoms with E-state index >= 15 is 0 Å². The quantitative estimate of drug-likeness (QED) is 0.348. The number of carbonyl (C=O) groups is 2. The highest BCUT2D eigenvalue weighted by atomic mass is 79.9. The van der Waals surface area contributed by atoms with Gasteiger partial charge in [-0.05, 0) is 48.4 Å². The molecule has 0 unspecified atom stereocenters. The van der Waals surface area contributed by atoms with Crippen molar-refractivity contribution in [1.82, 2.24) is 10.2 Å². The number of halogens is 2. The molecule has 0 radical (unpaired) electrons. The predicted molar refractivity (Wildman–Crippen MR) is 141 cm³/mol. The van der Waals surface area contributed by atoms with Gasteiger partial charge in [-0.25, -0.2) is 0 Å². The van der Waals surface area contributed by atoms with E-state index < -0.39 is 6.04 Å². The van der Waals surface area contributed by atoms with Crippen molar-refractivity contribution < 1.29 is 19.1 Å². The molecule has 0 aliphatic heterocycles. The first-order chi connectivity index (χ1) is 16.9. The Morgan fingerprint density at radius 3 is 2.46 bits per heavy atom. The molecule has 0 bridgehead atoms. The molecule has 1 atom stereocenters. The van der Waals surface area contributed by atoms with Crippen LogP contribution in [0, 0.1) is 0 Å². The molecular formula is C27H28BrClN2O4. The summed E-state index contributed by atoms with van der Waals surface area (Å²) in [6, 6.07) is 21.5. The third-order valence-electron chi connectivity index (χ3n) is 5.35. The monoisotopic (exact) mass is 558 g/mol. The first-order valence-corrected chi connectivity index (χ1v) is 12.4. The zero-order chi connectivity index (χ0) is 25.2. The van der Waals surface area contributed by atoms with E-state index in [0.717, 1.165) is 15.6 Å². The molecule has 6 nitrogen and oxygen atoms in total. The van der Waals surface area contributed by atoms with Crippen LogP contribution in [-0.2, 0) is 22.6 Å². The number of likely N-dealkylation sites (N-methyl/N-ethyl adjacent to an activating group) is 1. The SMILES string of the molecule is CCNC(=O)[C@H](Cc1ccccc1)N(Cc1cccc(OC)c1)C(=O)COc1ccc(Br)cc1Cl. The molecule has 3 aromatic rings. The molecule has 0 aliphatic carbocycles. The summed E-state index contributed by atoms with van der Waals surface area (Å²) < 4.78 is 11.9. The van der Waals surface area contributed by atoms with E-state index in [9.17, 15) is 9.59 Å². The molecule has 0 heterocycles. The summed E-state index contributed by atoms with van der Waals surface area (Å²) >= 11 is 9.62. The standard InChI is InChI=1S/C27H28BrClN2O4/c1-3-30-27(33)24(15-19-8-5-4-6-9-19)31(17-20-10-7-11-22(14-20)34-2)26(32)18-35-25-13-12-21(28)16-23(25)29/h4-14,16,24H,3,15,17-18H2,1-2H3,(H,30,33)/t24-/m0/s1. The van der Waals surface area contributed by atoms with Crippen LogP contribution < -0.4 is 14.8 Å². The van der Waals surface area contributed by atoms with Gasteiger partial charge in [0.15, 0.2) is 6.61 Å². The number of nitrogens with one attached hydrogen (secondary N) is 1. The molecule has 1 N–H and O–H groups in total. The second-order valence-electron chi connectivity index (χ2n) is 7.84. The minimum absolute atomic E-state index is 0.210. The number of carbonyl (C=O) groups excluding carboxylic acids is 2. The molecule has 0 aromatic heterocycles. The van der Waals surface area contributed by atoms with Gasteiger partial charge in [-0.15, -0.1) is 0 Å². The van der Waals surface area contributed by atoms with Crippen molar-refractivity contribution in [2.45, 2.75) is 25.9 Å². The zero-order valence-corrected chi connectivity index (χ0v) is 22.0. The summed E-state index contributed by atoms with van der Waals surface area (Å²) in [5.41, 5.74) is 1.78. The van der Waals surface area contributed by atoms with Gasteiger partial charge in [-0.1, -0.05) is 70.0 Å². The number of amides is 2. The molecular weight excluding hydrogens is 532 g/mol. The van der Waals surface area contributed by atoms with Crippen LogP contribution in [0.5, 0.6) is 11.5 Å². The summed E-state index contributed by atoms with van der Waals surface area (Å²) in [6.45, 7) is 2.25. The first-order valence-electron chi connectivity index (χ1n) is 11.2. The van der Waals surface area contributed by atoms with E-state index in [4.69, 9.17) is 21.1 Å². The minimum atomic E-state index is -0.736. The van der Waals surface area contributed by atoms with Gasteiger partial charge in [0, 0.05) is 24.0 Å². The van der Waals surface area contributed by atoms with Gasteiger partial charge in [0.25, 0.3) is 5.91 Å². The maximum Gasteiger partial charge on any atom is 0.261 e. The average Bonchev–Trinajstić information content (AvgIpc) is 2.86. The number of hydrogen-bond acceptors (Lipinski definition) is 4. The van der Waals surface area contributed by atoms with Crippen LogP contribution in [0.4, 0.5) is 0 Å². The Morgan fingerprint density at radius 1 is 1.03 bits per heavy atom. The lowest BCUT2D eigenvalue weighted by Crippen LogP contribution is -2.51. The molecule has 35 heavy (non-hydrogen) atoms. The molecule has 0 aliphatic rings. The van der Waals surface area contributed by atoms with E-state index in [-0.39, 0.29) is 25.0 Å². The third-order valence-corrected chi connectivity index (χ3v) is 6.14. The molecule has 3 aromatic carbocycles. The van der Waals surface area contributed by atoms with Crippen molar-refractivity contribution in [3.63, 3.8) is 0 Å². The number of benzene rings is 3. The second-order valence-corrected chi connectivity index (χ2v) is 9.16. The molecule has 0 spiro atoms. The summed E-state index contributed by atoms with van der Waals surface area (Å²) in [6.07, 6.45) is 0.363. The maximum absolute atomic E-state index is 13.5. The predicted octanol–water partition coefficient (Wildman–Crippen LogP) is 5.27. The lowest BCUT2D eigenvalue weighted by molar-refractivity contribution is -0.142. The van der Waals surface area contributed by atoms with Crippen LogP contribution in [0.15, 0.2) is 77.3 Å². The Morgan fingerprint density at radius 2 is 1.77 bits per heavy atom. The van der Waals surface area contributed by atoms with Crippen molar-refractivity contribution in [2.75, 3.05) is 20.3 Å². The molecule has 0 saturated carbocycles. The Kier molecular flexibility index (Phi) is 9.99. The largest absolute Gasteiger partial charge is 0.497 e. The summed E-state index contributed by atoms with van der Waals surface area (Å²) in [7, 11) is 1.59. The van der Waals surface area contributed by atoms with E-state index in [0.29, 0.717) is 29.5 Å². The lowest BCUT2D eigenvalue weighted by atomic mass is 10.0. The third kappa shape index (κ3) is 7.73. The van der Waals surface area contributed by atoms with Gasteiger partial charge >= 0.3 is 0 Å². The van der Waals surface area contributed by atoms with Gasteiger partial charge in [-0.3, -0.25) is 9.59 Å². The number of hydrogen-bond donors (Lipinski definition) is 1. The van der Waals surface area contributed by atoms with E-state index in [1.165, 1.54) is 0 Å². The number of ether oxygens (including phenoxy) is 2. The minimum Gasteiger partial charge on any atom is -0.497 e. The van der Waals surface area contributed by atoms with Crippen LogP contribution >= 0.6 is 27.5 Å². The topological polar surface area (TPSA) is 67.9 Å². The van der Waals surface area contributed by atoms with Crippen LogP contribution in [0.25, 0.3) is 0 Å². The van der Waals surface area contributed by atoms with Gasteiger partial charge in [0.2, 0.25) is 5.91 Å². The highest BCUT2D eigenvalue weighted by molar-refractivity contribution is 9.10. The van der Waals surface area contributed by atoms with E-state index in [2.05, 4.69) is 21.2 Å². The first kappa shape index (κ1) is 26.6. The van der Waals surface area contributed by atoms with Crippen LogP contribution in [-0.4, -0.2) is 43.0 Å². The van der Waals surface area contributed by atoms with Gasteiger partial charge in [0.1, 0.15) is 17.5 Å². The normalized spacial score (nSPS) is 11.4. The fourth-order valence-corrected chi connectivity index (χ4v) is 4.36. The number of nitrogens with zero attached hydrogens (tertiary/aromatic N) is 1. The van der Waals surface area contributed by atoms with Crippen molar-refractivity contribution in [3.8, 4) is 11.5 Å². The highest BCUT2D eigenvalue weighted by Crippen LogP contribution is 2.28. The van der Waals surface area contributed by atoms with Gasteiger partial charge in [-0.2, -0.15) is 0 Å². The average molecular weight is 560 g/mol. The number of rotatable bonds is 11. The van der Waals surface area contributed by atoms with Gasteiger partial charge in [0.05, 0.1) is 12.1 Å². The van der Waals surface area contributed by atoms with Crippen LogP contribution in [0.1, 0.15) is 18.1 Å². The Balaban J connectivity index is 1.91. The van der Waals surface area contributed by atoms with Crippen LogP contribution in [0.3, 0.4) is 0 Å². The molecule has 3 rings (SSSR count). The molecule has 184 valence electrons. The zero-order valence-electron chi connectivity index (χ0n) is 19.7. The molecule has 0 saturated heterocycles. The number of methoxy groups -OCH3 is 1. The van der Waals surface area contributed by atoms with Crippen molar-refractivity contribution in [2.24, 2.45) is 0 Å². The molecule has 0 fully saturated rings. The van der Waals surface area contributed by atoms with Crippen molar-refractivity contribution in [3.05, 3.63) is 93.4 Å². The van der Waals surface area contributed by atoms with E-state index in [1.807, 2.05) is 61.5 Å². The lowest BCUT2D eigenvalue weighted by Gasteiger charge is -2.31. The highest BCUT2D eigenvalue weighted by Gasteiger charge is 2.30. The summed E-state index contributed by atoms with van der Waals surface area (Å²) in [5, 5.41) is 3.26. The Bertz CT molecular complexity index is 1140. The Hall–Kier alpha value is -3.03. The van der Waals surface area contributed by atoms with E-state index in [1.54, 1.807) is 30.2 Å². The fourth-order valence-electron chi connectivity index (χ4n) is 3.63. The smallest absolute Gasteiger partial charge is 0.261 e. The summed E-state index contributed by atoms with van der Waals surface area (Å²) in [4.78, 5) is 28.3. The van der Waals surface area contributed by atoms with Crippen molar-refractivity contribution in [1.29, 1.82) is 0 Å². The molecule has 2 amide bonds. The Labute approximate surface area is 219 Å². The second kappa shape index (κ2) is 13.2. The van der Waals surface area contributed by atoms with Crippen molar-refractivity contribution >= 4 is 39.3 Å². The van der Waals surface area contributed by atoms with Gasteiger partial charge < -0.3 is 19.7 Å². The summed E-state index contributed by atoms with van der Waals surface area (Å²) in [5.74, 6) is 0.501. The fraction of sp³-hybridized carbons (Fsp3) is 0.259. The maximum atomic E-state index is 13.5. The van der Waals surface area contributed by atoms with Crippen LogP contribution in [0.2, 0.25) is 5.02 Å². The molecule has 8 heteroatoms.